The van der Waals surface area contributed by atoms with Gasteiger partial charge in [-0.25, -0.2) is 24.0 Å². The van der Waals surface area contributed by atoms with Gasteiger partial charge < -0.3 is 63.5 Å². The Morgan fingerprint density at radius 2 is 0.788 bits per heavy atom. The first-order chi connectivity index (χ1) is 46.6. The fourth-order valence-electron chi connectivity index (χ4n) is 12.8. The number of hydrogen-bond acceptors (Lipinski definition) is 15. The Balaban J connectivity index is 0.000000196. The number of aliphatic hydroxyl groups is 1. The second-order valence-electron chi connectivity index (χ2n) is 30.7. The fourth-order valence-corrected chi connectivity index (χ4v) is 12.8. The Morgan fingerprint density at radius 3 is 1.13 bits per heavy atom. The monoisotopic (exact) mass is 1370 g/mol. The number of nitrogens with zero attached hydrogens (tertiary/aromatic N) is 6. The molecular formula is C80H115N7O12. The van der Waals surface area contributed by atoms with Crippen molar-refractivity contribution in [3.05, 3.63) is 177 Å². The molecule has 5 heterocycles. The van der Waals surface area contributed by atoms with E-state index in [1.807, 2.05) is 143 Å². The molecule has 0 saturated carbocycles. The number of hydrogen-bond donors (Lipinski definition) is 2. The van der Waals surface area contributed by atoms with Crippen molar-refractivity contribution in [2.24, 2.45) is 0 Å². The predicted molar refractivity (Wildman–Crippen MR) is 389 cm³/mol. The molecule has 2 N–H and O–H groups in total. The number of aliphatic hydroxyl groups excluding tert-OH is 1. The number of amides is 4. The predicted octanol–water partition coefficient (Wildman–Crippen LogP) is 16.4. The maximum atomic E-state index is 12.4. The summed E-state index contributed by atoms with van der Waals surface area (Å²) in [5.74, 6) is -0.372. The van der Waals surface area contributed by atoms with Crippen LogP contribution in [0.4, 0.5) is 19.2 Å². The van der Waals surface area contributed by atoms with Gasteiger partial charge in [0, 0.05) is 50.9 Å². The largest absolute Gasteiger partial charge is 0.465 e. The third-order valence-corrected chi connectivity index (χ3v) is 16.9. The second kappa shape index (κ2) is 37.0. The number of benzene rings is 5. The molecule has 5 fully saturated rings. The maximum Gasteiger partial charge on any atom is 0.410 e. The van der Waals surface area contributed by atoms with E-state index in [4.69, 9.17) is 23.7 Å². The number of likely N-dealkylation sites (tertiary alicyclic amines) is 4. The number of ether oxygens (including phenoxy) is 5. The van der Waals surface area contributed by atoms with Crippen molar-refractivity contribution in [3.8, 4) is 0 Å². The summed E-state index contributed by atoms with van der Waals surface area (Å²) in [6, 6.07) is 40.7. The minimum absolute atomic E-state index is 0.00440. The van der Waals surface area contributed by atoms with E-state index < -0.39 is 22.4 Å². The van der Waals surface area contributed by atoms with E-state index in [9.17, 15) is 33.9 Å². The Hall–Kier alpha value is -7.84. The number of carbonyl (C=O) groups is 6. The Kier molecular flexibility index (Phi) is 30.0. The zero-order valence-electron chi connectivity index (χ0n) is 62.4. The Bertz CT molecular complexity index is 3410. The van der Waals surface area contributed by atoms with Gasteiger partial charge in [-0.05, 0) is 245 Å². The number of rotatable bonds is 12. The number of esters is 1. The van der Waals surface area contributed by atoms with Crippen LogP contribution in [0.3, 0.4) is 0 Å². The van der Waals surface area contributed by atoms with Crippen molar-refractivity contribution in [1.82, 2.24) is 34.7 Å². The van der Waals surface area contributed by atoms with Gasteiger partial charge in [0.2, 0.25) is 0 Å². The summed E-state index contributed by atoms with van der Waals surface area (Å²) >= 11 is 0. The summed E-state index contributed by atoms with van der Waals surface area (Å²) in [4.78, 5) is 83.3. The molecule has 19 nitrogen and oxygen atoms in total. The summed E-state index contributed by atoms with van der Waals surface area (Å²) in [6.07, 6.45) is 9.97. The molecule has 542 valence electrons. The van der Waals surface area contributed by atoms with E-state index in [0.29, 0.717) is 30.3 Å². The average Bonchev–Trinajstić information content (AvgIpc) is 1.74. The van der Waals surface area contributed by atoms with Crippen LogP contribution in [0.2, 0.25) is 0 Å². The molecule has 5 aromatic rings. The van der Waals surface area contributed by atoms with Gasteiger partial charge in [-0.3, -0.25) is 4.79 Å². The van der Waals surface area contributed by atoms with Gasteiger partial charge in [0.15, 0.2) is 0 Å². The van der Waals surface area contributed by atoms with E-state index in [1.165, 1.54) is 48.8 Å². The van der Waals surface area contributed by atoms with Gasteiger partial charge in [0.25, 0.3) is 0 Å². The Labute approximate surface area is 590 Å². The molecule has 5 aliphatic rings. The van der Waals surface area contributed by atoms with Crippen molar-refractivity contribution in [3.63, 3.8) is 0 Å². The molecule has 5 aliphatic heterocycles. The lowest BCUT2D eigenvalue weighted by Gasteiger charge is -2.29. The quantitative estimate of drug-likeness (QED) is 0.0678. The molecule has 0 spiro atoms. The minimum Gasteiger partial charge on any atom is -0.465 e. The molecular weight excluding hydrogens is 1250 g/mol. The third kappa shape index (κ3) is 26.3. The van der Waals surface area contributed by atoms with Crippen LogP contribution >= 0.6 is 0 Å². The van der Waals surface area contributed by atoms with Gasteiger partial charge in [0.1, 0.15) is 28.7 Å². The molecule has 5 saturated heterocycles. The standard InChI is InChI=1S/C18H28N2O2.C17H23NO4.C16H23NO3.C16H21NO3.C13H20N2/c1-18(2,3)22-17(21)20-11-7-10-16(20)15-9-6-8-14(12-15)13-19(4)5;1-17(2,3)22-16(20)18-10-6-9-14(18)12-7-5-8-13(11-12)15(19)21-4;2*1-16(2,3)20-15(19)17-9-5-8-14(17)13-7-4-6-12(10-13)11-18;1-15(2)10-11-5-3-6-12(9-11)13-7-4-8-14-13/h6,8-9,12,16H,7,10-11,13H2,1-5H3;5,7-8,11,14H,6,9-10H2,1-4H3;4,6-7,10,14,18H,5,8-9,11H2,1-3H3;4,6-7,10-11,14H,5,8-9H2,1-3H3;3,5-6,9,13-14H,4,7-8,10H2,1-2H3. The van der Waals surface area contributed by atoms with Crippen LogP contribution in [-0.4, -0.2) is 162 Å². The van der Waals surface area contributed by atoms with Crippen LogP contribution in [0.25, 0.3) is 0 Å². The summed E-state index contributed by atoms with van der Waals surface area (Å²) < 4.78 is 26.7. The molecule has 5 unspecified atom stereocenters. The fraction of sp³-hybridized carbons (Fsp3) is 0.550. The van der Waals surface area contributed by atoms with Gasteiger partial charge in [-0.2, -0.15) is 0 Å². The molecule has 19 heteroatoms. The lowest BCUT2D eigenvalue weighted by molar-refractivity contribution is 0.0213. The summed E-state index contributed by atoms with van der Waals surface area (Å²) in [5.41, 5.74) is 8.43. The van der Waals surface area contributed by atoms with Crippen molar-refractivity contribution in [2.45, 2.75) is 220 Å². The highest BCUT2D eigenvalue weighted by Crippen LogP contribution is 2.38. The van der Waals surface area contributed by atoms with Gasteiger partial charge >= 0.3 is 30.3 Å². The molecule has 0 aliphatic carbocycles. The van der Waals surface area contributed by atoms with E-state index in [2.05, 4.69) is 91.8 Å². The lowest BCUT2D eigenvalue weighted by Crippen LogP contribution is -2.36. The number of carbonyl (C=O) groups excluding carboxylic acids is 6. The van der Waals surface area contributed by atoms with Crippen molar-refractivity contribution >= 4 is 36.6 Å². The number of nitrogens with one attached hydrogen (secondary N) is 1. The summed E-state index contributed by atoms with van der Waals surface area (Å²) in [6.45, 7) is 28.5. The molecule has 0 bridgehead atoms. The number of aldehydes is 1. The Morgan fingerprint density at radius 1 is 0.455 bits per heavy atom. The van der Waals surface area contributed by atoms with Crippen LogP contribution < -0.4 is 5.32 Å². The van der Waals surface area contributed by atoms with E-state index in [0.717, 1.165) is 106 Å². The maximum absolute atomic E-state index is 12.4. The minimum atomic E-state index is -0.516. The van der Waals surface area contributed by atoms with Crippen LogP contribution in [-0.2, 0) is 43.4 Å². The van der Waals surface area contributed by atoms with Crippen LogP contribution in [0.1, 0.15) is 243 Å². The second-order valence-corrected chi connectivity index (χ2v) is 30.7. The molecule has 0 radical (unpaired) electrons. The van der Waals surface area contributed by atoms with Crippen LogP contribution in [0.5, 0.6) is 0 Å². The first-order valence-electron chi connectivity index (χ1n) is 35.3. The smallest absolute Gasteiger partial charge is 0.410 e. The third-order valence-electron chi connectivity index (χ3n) is 16.9. The summed E-state index contributed by atoms with van der Waals surface area (Å²) in [7, 11) is 9.71. The first-order valence-corrected chi connectivity index (χ1v) is 35.3. The van der Waals surface area contributed by atoms with Gasteiger partial charge in [0.05, 0.1) is 43.4 Å². The van der Waals surface area contributed by atoms with E-state index >= 15 is 0 Å². The first kappa shape index (κ1) is 80.1. The molecule has 99 heavy (non-hydrogen) atoms. The molecule has 10 rings (SSSR count). The number of methoxy groups -OCH3 is 1. The van der Waals surface area contributed by atoms with Crippen LogP contribution in [0, 0.1) is 0 Å². The zero-order valence-corrected chi connectivity index (χ0v) is 62.4. The summed E-state index contributed by atoms with van der Waals surface area (Å²) in [5, 5.41) is 12.8. The normalized spacial score (nSPS) is 19.1. The van der Waals surface area contributed by atoms with Crippen molar-refractivity contribution in [2.75, 3.05) is 68.0 Å². The van der Waals surface area contributed by atoms with Crippen molar-refractivity contribution < 1.29 is 57.6 Å². The van der Waals surface area contributed by atoms with E-state index in [-0.39, 0.29) is 61.1 Å². The molecule has 4 amide bonds. The zero-order chi connectivity index (χ0) is 72.8. The average molecular weight is 1370 g/mol. The van der Waals surface area contributed by atoms with E-state index in [1.54, 1.807) is 32.9 Å². The lowest BCUT2D eigenvalue weighted by atomic mass is 10.0. The highest BCUT2D eigenvalue weighted by molar-refractivity contribution is 5.89. The highest BCUT2D eigenvalue weighted by atomic mass is 16.6. The molecule has 5 atom stereocenters. The molecule has 5 aromatic carbocycles. The topological polar surface area (TPSA) is 200 Å². The van der Waals surface area contributed by atoms with Crippen LogP contribution in [0.15, 0.2) is 121 Å². The highest BCUT2D eigenvalue weighted by Gasteiger charge is 2.37. The van der Waals surface area contributed by atoms with Gasteiger partial charge in [-0.1, -0.05) is 103 Å². The SMILES string of the molecule is CC(C)(C)OC(=O)N1CCCC1c1cccc(C=O)c1.CC(C)(C)OC(=O)N1CCCC1c1cccc(CO)c1.CN(C)Cc1cccc(C2CCCN2)c1.CN(C)Cc1cccc(C2CCCN2C(=O)OC(C)(C)C)c1.COC(=O)c1cccc(C2CCCN2C(=O)OC(C)(C)C)c1. The van der Waals surface area contributed by atoms with Gasteiger partial charge in [-0.15, -0.1) is 0 Å². The molecule has 0 aromatic heterocycles. The van der Waals surface area contributed by atoms with Crippen molar-refractivity contribution in [1.29, 1.82) is 0 Å².